The molecule has 1 unspecified atom stereocenters. The summed E-state index contributed by atoms with van der Waals surface area (Å²) in [5, 5.41) is 4.66. The van der Waals surface area contributed by atoms with Gasteiger partial charge >= 0.3 is 0 Å². The summed E-state index contributed by atoms with van der Waals surface area (Å²) in [4.78, 5) is 6.24. The van der Waals surface area contributed by atoms with E-state index >= 15 is 0 Å². The van der Waals surface area contributed by atoms with Crippen molar-refractivity contribution in [3.63, 3.8) is 0 Å². The van der Waals surface area contributed by atoms with Gasteiger partial charge < -0.3 is 5.32 Å². The van der Waals surface area contributed by atoms with Gasteiger partial charge in [0.25, 0.3) is 0 Å². The smallest absolute Gasteiger partial charge is 0.123 e. The summed E-state index contributed by atoms with van der Waals surface area (Å²) in [5.41, 5.74) is 4.11. The van der Waals surface area contributed by atoms with Gasteiger partial charge in [-0.3, -0.25) is 0 Å². The van der Waals surface area contributed by atoms with Gasteiger partial charge in [-0.2, -0.15) is 0 Å². The van der Waals surface area contributed by atoms with E-state index in [4.69, 9.17) is 4.98 Å². The van der Waals surface area contributed by atoms with Crippen LogP contribution in [-0.2, 0) is 18.4 Å². The third kappa shape index (κ3) is 2.65. The number of rotatable bonds is 1. The van der Waals surface area contributed by atoms with Crippen LogP contribution in [0.3, 0.4) is 0 Å². The van der Waals surface area contributed by atoms with Gasteiger partial charge in [0, 0.05) is 29.4 Å². The summed E-state index contributed by atoms with van der Waals surface area (Å²) in [6, 6.07) is 9.43. The summed E-state index contributed by atoms with van der Waals surface area (Å²) >= 11 is 1.83. The molecule has 2 nitrogen and oxygen atoms in total. The standard InChI is InChI=1S/C17H22N2S/c1-11-9-14-15(10-18-11)20-16(19-14)12-5-7-13(8-6-12)17(2,3)4/h5-8,11,18H,9-10H2,1-4H3. The van der Waals surface area contributed by atoms with Crippen molar-refractivity contribution in [3.8, 4) is 10.6 Å². The SMILES string of the molecule is CC1Cc2nc(-c3ccc(C(C)(C)C)cc3)sc2CN1. The molecule has 1 N–H and O–H groups in total. The molecule has 3 rings (SSSR count). The number of benzene rings is 1. The van der Waals surface area contributed by atoms with Crippen LogP contribution in [0.15, 0.2) is 24.3 Å². The van der Waals surface area contributed by atoms with Crippen molar-refractivity contribution in [2.75, 3.05) is 0 Å². The summed E-state index contributed by atoms with van der Waals surface area (Å²) in [7, 11) is 0. The maximum absolute atomic E-state index is 4.84. The lowest BCUT2D eigenvalue weighted by Gasteiger charge is -2.18. The average molecular weight is 286 g/mol. The molecule has 0 fully saturated rings. The lowest BCUT2D eigenvalue weighted by molar-refractivity contribution is 0.513. The zero-order valence-electron chi connectivity index (χ0n) is 12.7. The molecule has 1 aliphatic heterocycles. The molecule has 0 bridgehead atoms. The first kappa shape index (κ1) is 13.8. The number of hydrogen-bond acceptors (Lipinski definition) is 3. The second-order valence-electron chi connectivity index (χ2n) is 6.70. The molecule has 1 aliphatic rings. The topological polar surface area (TPSA) is 24.9 Å². The van der Waals surface area contributed by atoms with Crippen LogP contribution in [0.2, 0.25) is 0 Å². The first-order valence-electron chi connectivity index (χ1n) is 7.26. The van der Waals surface area contributed by atoms with Crippen molar-refractivity contribution < 1.29 is 0 Å². The molecule has 1 aromatic heterocycles. The molecular weight excluding hydrogens is 264 g/mol. The molecule has 2 heterocycles. The quantitative estimate of drug-likeness (QED) is 0.852. The van der Waals surface area contributed by atoms with Gasteiger partial charge in [0.1, 0.15) is 5.01 Å². The van der Waals surface area contributed by atoms with E-state index in [0.717, 1.165) is 18.0 Å². The summed E-state index contributed by atoms with van der Waals surface area (Å²) < 4.78 is 0. The van der Waals surface area contributed by atoms with Crippen molar-refractivity contribution in [2.45, 2.75) is 52.1 Å². The van der Waals surface area contributed by atoms with Crippen molar-refractivity contribution in [2.24, 2.45) is 0 Å². The van der Waals surface area contributed by atoms with Crippen LogP contribution >= 0.6 is 11.3 Å². The van der Waals surface area contributed by atoms with E-state index < -0.39 is 0 Å². The van der Waals surface area contributed by atoms with E-state index in [1.54, 1.807) is 0 Å². The number of aromatic nitrogens is 1. The van der Waals surface area contributed by atoms with Crippen LogP contribution in [0.5, 0.6) is 0 Å². The Kier molecular flexibility index (Phi) is 3.43. The summed E-state index contributed by atoms with van der Waals surface area (Å²) in [6.45, 7) is 9.93. The molecule has 0 radical (unpaired) electrons. The molecule has 2 aromatic rings. The van der Waals surface area contributed by atoms with Crippen molar-refractivity contribution >= 4 is 11.3 Å². The normalized spacial score (nSPS) is 18.9. The largest absolute Gasteiger partial charge is 0.309 e. The van der Waals surface area contributed by atoms with Gasteiger partial charge in [0.05, 0.1) is 5.69 Å². The Hall–Kier alpha value is -1.19. The van der Waals surface area contributed by atoms with Gasteiger partial charge in [-0.05, 0) is 17.9 Å². The minimum Gasteiger partial charge on any atom is -0.309 e. The molecule has 0 saturated carbocycles. The van der Waals surface area contributed by atoms with Crippen LogP contribution in [-0.4, -0.2) is 11.0 Å². The minimum absolute atomic E-state index is 0.208. The zero-order valence-corrected chi connectivity index (χ0v) is 13.5. The van der Waals surface area contributed by atoms with E-state index in [9.17, 15) is 0 Å². The van der Waals surface area contributed by atoms with E-state index in [0.29, 0.717) is 6.04 Å². The zero-order chi connectivity index (χ0) is 14.3. The molecule has 3 heteroatoms. The number of thiazole rings is 1. The van der Waals surface area contributed by atoms with Gasteiger partial charge in [-0.1, -0.05) is 45.0 Å². The third-order valence-electron chi connectivity index (χ3n) is 3.89. The molecule has 0 saturated heterocycles. The van der Waals surface area contributed by atoms with Gasteiger partial charge in [-0.25, -0.2) is 4.98 Å². The van der Waals surface area contributed by atoms with Gasteiger partial charge in [-0.15, -0.1) is 11.3 Å². The predicted molar refractivity (Wildman–Crippen MR) is 86.3 cm³/mol. The number of nitrogens with zero attached hydrogens (tertiary/aromatic N) is 1. The van der Waals surface area contributed by atoms with E-state index in [1.165, 1.54) is 21.7 Å². The monoisotopic (exact) mass is 286 g/mol. The van der Waals surface area contributed by atoms with E-state index in [1.807, 2.05) is 11.3 Å². The first-order valence-corrected chi connectivity index (χ1v) is 8.08. The van der Waals surface area contributed by atoms with Crippen LogP contribution in [0.25, 0.3) is 10.6 Å². The molecule has 1 atom stereocenters. The highest BCUT2D eigenvalue weighted by atomic mass is 32.1. The lowest BCUT2D eigenvalue weighted by Crippen LogP contribution is -2.32. The number of fused-ring (bicyclic) bond motifs is 1. The van der Waals surface area contributed by atoms with Crippen LogP contribution in [0.4, 0.5) is 0 Å². The van der Waals surface area contributed by atoms with Gasteiger partial charge in [0.2, 0.25) is 0 Å². The molecule has 0 aliphatic carbocycles. The molecule has 0 amide bonds. The average Bonchev–Trinajstić information content (AvgIpc) is 2.80. The fourth-order valence-corrected chi connectivity index (χ4v) is 3.59. The second-order valence-corrected chi connectivity index (χ2v) is 7.79. The Bertz CT molecular complexity index is 605. The maximum Gasteiger partial charge on any atom is 0.123 e. The van der Waals surface area contributed by atoms with E-state index in [-0.39, 0.29) is 5.41 Å². The highest BCUT2D eigenvalue weighted by Gasteiger charge is 2.20. The lowest BCUT2D eigenvalue weighted by atomic mass is 9.87. The van der Waals surface area contributed by atoms with Crippen molar-refractivity contribution in [3.05, 3.63) is 40.4 Å². The Morgan fingerprint density at radius 3 is 2.55 bits per heavy atom. The summed E-state index contributed by atoms with van der Waals surface area (Å²) in [5.74, 6) is 0. The maximum atomic E-state index is 4.84. The fraction of sp³-hybridized carbons (Fsp3) is 0.471. The molecule has 1 aromatic carbocycles. The Labute approximate surface area is 125 Å². The number of nitrogens with one attached hydrogen (secondary N) is 1. The Morgan fingerprint density at radius 1 is 1.20 bits per heavy atom. The Balaban J connectivity index is 1.90. The van der Waals surface area contributed by atoms with E-state index in [2.05, 4.69) is 57.3 Å². The number of hydrogen-bond donors (Lipinski definition) is 1. The van der Waals surface area contributed by atoms with Gasteiger partial charge in [0.15, 0.2) is 0 Å². The van der Waals surface area contributed by atoms with Crippen LogP contribution in [0, 0.1) is 0 Å². The minimum atomic E-state index is 0.208. The highest BCUT2D eigenvalue weighted by molar-refractivity contribution is 7.15. The Morgan fingerprint density at radius 2 is 1.90 bits per heavy atom. The second kappa shape index (κ2) is 4.97. The molecule has 20 heavy (non-hydrogen) atoms. The first-order chi connectivity index (χ1) is 9.43. The summed E-state index contributed by atoms with van der Waals surface area (Å²) in [6.07, 6.45) is 1.05. The van der Waals surface area contributed by atoms with Crippen molar-refractivity contribution in [1.29, 1.82) is 0 Å². The molecular formula is C17H22N2S. The molecule has 0 spiro atoms. The van der Waals surface area contributed by atoms with Crippen LogP contribution in [0.1, 0.15) is 43.8 Å². The molecule has 106 valence electrons. The highest BCUT2D eigenvalue weighted by Crippen LogP contribution is 2.32. The van der Waals surface area contributed by atoms with Crippen LogP contribution < -0.4 is 5.32 Å². The predicted octanol–water partition coefficient (Wildman–Crippen LogP) is 4.14. The third-order valence-corrected chi connectivity index (χ3v) is 5.03. The fourth-order valence-electron chi connectivity index (χ4n) is 2.55. The van der Waals surface area contributed by atoms with Crippen molar-refractivity contribution in [1.82, 2.24) is 10.3 Å².